The maximum Gasteiger partial charge on any atom is 0.149 e. The molecular formula is C50H41N3O. The number of nitrogens with zero attached hydrogens (tertiary/aromatic N) is 3. The molecule has 0 aliphatic heterocycles. The van der Waals surface area contributed by atoms with Crippen molar-refractivity contribution in [1.82, 2.24) is 14.5 Å². The number of fused-ring (bicyclic) bond motifs is 1. The lowest BCUT2D eigenvalue weighted by Crippen LogP contribution is -2.27. The Morgan fingerprint density at radius 3 is 1.70 bits per heavy atom. The fourth-order valence-electron chi connectivity index (χ4n) is 9.20. The van der Waals surface area contributed by atoms with Crippen LogP contribution < -0.4 is 0 Å². The van der Waals surface area contributed by atoms with E-state index in [4.69, 9.17) is 9.97 Å². The molecule has 0 amide bonds. The summed E-state index contributed by atoms with van der Waals surface area (Å²) in [5.41, 5.74) is 17.9. The molecule has 262 valence electrons. The van der Waals surface area contributed by atoms with Crippen molar-refractivity contribution in [3.05, 3.63) is 190 Å². The van der Waals surface area contributed by atoms with Crippen molar-refractivity contribution in [1.29, 1.82) is 0 Å². The smallest absolute Gasteiger partial charge is 0.149 e. The first-order chi connectivity index (χ1) is 26.4. The van der Waals surface area contributed by atoms with E-state index in [9.17, 15) is 5.11 Å². The lowest BCUT2D eigenvalue weighted by Gasteiger charge is -2.42. The van der Waals surface area contributed by atoms with Gasteiger partial charge in [0.25, 0.3) is 0 Å². The van der Waals surface area contributed by atoms with Crippen molar-refractivity contribution in [3.8, 4) is 45.3 Å². The Hall–Kier alpha value is -6.26. The third-order valence-electron chi connectivity index (χ3n) is 11.7. The average Bonchev–Trinajstić information content (AvgIpc) is 3.59. The molecule has 54 heavy (non-hydrogen) atoms. The molecule has 4 nitrogen and oxygen atoms in total. The number of pyridine rings is 1. The largest absolute Gasteiger partial charge is 0.506 e. The molecule has 0 spiro atoms. The summed E-state index contributed by atoms with van der Waals surface area (Å²) < 4.78 is 2.26. The lowest BCUT2D eigenvalue weighted by molar-refractivity contribution is 0.478. The first-order valence-electron chi connectivity index (χ1n) is 19.1. The number of phenolic OH excluding ortho intramolecular Hbond substituents is 1. The number of imidazole rings is 1. The third-order valence-corrected chi connectivity index (χ3v) is 11.7. The zero-order valence-electron chi connectivity index (χ0n) is 31.0. The molecule has 0 fully saturated rings. The Bertz CT molecular complexity index is 2700. The van der Waals surface area contributed by atoms with E-state index in [-0.39, 0.29) is 17.6 Å². The quantitative estimate of drug-likeness (QED) is 0.188. The second kappa shape index (κ2) is 12.4. The topological polar surface area (TPSA) is 50.9 Å². The van der Waals surface area contributed by atoms with Crippen molar-refractivity contribution < 1.29 is 5.11 Å². The van der Waals surface area contributed by atoms with Crippen molar-refractivity contribution in [2.24, 2.45) is 0 Å². The summed E-state index contributed by atoms with van der Waals surface area (Å²) >= 11 is 0. The van der Waals surface area contributed by atoms with Gasteiger partial charge in [-0.25, -0.2) is 9.97 Å². The Kier molecular flexibility index (Phi) is 7.45. The molecule has 11 rings (SSSR count). The van der Waals surface area contributed by atoms with Gasteiger partial charge in [-0.15, -0.1) is 0 Å². The van der Waals surface area contributed by atoms with Gasteiger partial charge in [-0.2, -0.15) is 0 Å². The number of hydrogen-bond acceptors (Lipinski definition) is 3. The molecule has 6 aromatic carbocycles. The molecular weight excluding hydrogens is 659 g/mol. The molecule has 2 aromatic heterocycles. The maximum absolute atomic E-state index is 12.2. The Labute approximate surface area is 316 Å². The van der Waals surface area contributed by atoms with E-state index in [1.807, 2.05) is 36.4 Å². The summed E-state index contributed by atoms with van der Waals surface area (Å²) in [6, 6.07) is 51.6. The minimum Gasteiger partial charge on any atom is -0.506 e. The van der Waals surface area contributed by atoms with Crippen LogP contribution in [0.3, 0.4) is 0 Å². The van der Waals surface area contributed by atoms with Gasteiger partial charge in [-0.05, 0) is 98.8 Å². The van der Waals surface area contributed by atoms with Crippen LogP contribution in [-0.2, 0) is 0 Å². The van der Waals surface area contributed by atoms with Crippen LogP contribution in [0.1, 0.15) is 95.9 Å². The van der Waals surface area contributed by atoms with E-state index in [0.29, 0.717) is 28.8 Å². The monoisotopic (exact) mass is 699 g/mol. The van der Waals surface area contributed by atoms with Crippen LogP contribution in [0.15, 0.2) is 146 Å². The summed E-state index contributed by atoms with van der Waals surface area (Å²) in [5.74, 6) is 1.90. The molecule has 0 saturated heterocycles. The summed E-state index contributed by atoms with van der Waals surface area (Å²) in [6.07, 6.45) is 0. The number of aromatic hydroxyl groups is 1. The first kappa shape index (κ1) is 32.4. The van der Waals surface area contributed by atoms with E-state index in [1.165, 1.54) is 44.5 Å². The summed E-state index contributed by atoms with van der Waals surface area (Å²) in [7, 11) is 0. The molecule has 2 bridgehead atoms. The van der Waals surface area contributed by atoms with E-state index in [0.717, 1.165) is 33.7 Å². The summed E-state index contributed by atoms with van der Waals surface area (Å²) in [6.45, 7) is 8.96. The number of benzene rings is 6. The first-order valence-corrected chi connectivity index (χ1v) is 19.1. The highest BCUT2D eigenvalue weighted by Crippen LogP contribution is 2.56. The van der Waals surface area contributed by atoms with Gasteiger partial charge in [0, 0.05) is 23.0 Å². The molecule has 1 N–H and O–H groups in total. The highest BCUT2D eigenvalue weighted by Gasteiger charge is 2.41. The van der Waals surface area contributed by atoms with Crippen LogP contribution in [0.4, 0.5) is 0 Å². The zero-order chi connectivity index (χ0) is 36.7. The van der Waals surface area contributed by atoms with Crippen LogP contribution in [0.5, 0.6) is 5.75 Å². The van der Waals surface area contributed by atoms with Gasteiger partial charge in [-0.3, -0.25) is 4.57 Å². The SMILES string of the molecule is CC(C)c1cccc(C(C)C)c1-n1c(-c2cccc(-c3cccc(-c4ccc5c(c4)C4c6ccccc6C5c5ccccc54)n3)c2O)nc2ccccc21. The second-order valence-electron chi connectivity index (χ2n) is 15.4. The van der Waals surface area contributed by atoms with Gasteiger partial charge in [0.15, 0.2) is 0 Å². The molecule has 4 heteroatoms. The van der Waals surface area contributed by atoms with Crippen molar-refractivity contribution in [3.63, 3.8) is 0 Å². The van der Waals surface area contributed by atoms with Crippen LogP contribution in [0.2, 0.25) is 0 Å². The molecule has 0 unspecified atom stereocenters. The van der Waals surface area contributed by atoms with Gasteiger partial charge in [-0.1, -0.05) is 131 Å². The van der Waals surface area contributed by atoms with E-state index in [1.54, 1.807) is 0 Å². The van der Waals surface area contributed by atoms with E-state index >= 15 is 0 Å². The standard InChI is InChI=1S/C50H41N3O/c1-29(2)32-18-11-19-33(30(3)4)48(32)53-45-25-10-9-22-44(45)52-50(53)40-21-12-20-39(49(40)54)43-24-13-23-42(51-43)31-26-27-38-41(28-31)47-36-16-7-5-14-34(36)46(38)35-15-6-8-17-37(35)47/h5-30,46-47,54H,1-4H3. The second-order valence-corrected chi connectivity index (χ2v) is 15.4. The maximum atomic E-state index is 12.2. The lowest BCUT2D eigenvalue weighted by atomic mass is 9.61. The Morgan fingerprint density at radius 1 is 0.500 bits per heavy atom. The third kappa shape index (κ3) is 4.83. The average molecular weight is 700 g/mol. The number of para-hydroxylation sites is 4. The fourth-order valence-corrected chi connectivity index (χ4v) is 9.20. The Morgan fingerprint density at radius 2 is 1.04 bits per heavy atom. The normalized spacial score (nSPS) is 15.4. The highest BCUT2D eigenvalue weighted by atomic mass is 16.3. The number of rotatable bonds is 6. The molecule has 0 radical (unpaired) electrons. The van der Waals surface area contributed by atoms with Gasteiger partial charge < -0.3 is 5.11 Å². The van der Waals surface area contributed by atoms with Gasteiger partial charge >= 0.3 is 0 Å². The molecule has 3 aliphatic carbocycles. The number of hydrogen-bond donors (Lipinski definition) is 1. The number of aromatic nitrogens is 3. The van der Waals surface area contributed by atoms with Gasteiger partial charge in [0.1, 0.15) is 11.6 Å². The summed E-state index contributed by atoms with van der Waals surface area (Å²) in [4.78, 5) is 10.4. The zero-order valence-corrected chi connectivity index (χ0v) is 31.0. The predicted molar refractivity (Wildman–Crippen MR) is 220 cm³/mol. The van der Waals surface area contributed by atoms with Gasteiger partial charge in [0.2, 0.25) is 0 Å². The van der Waals surface area contributed by atoms with Crippen molar-refractivity contribution in [2.45, 2.75) is 51.4 Å². The summed E-state index contributed by atoms with van der Waals surface area (Å²) in [5, 5.41) is 12.2. The number of phenols is 1. The van der Waals surface area contributed by atoms with Crippen molar-refractivity contribution in [2.75, 3.05) is 0 Å². The highest BCUT2D eigenvalue weighted by molar-refractivity contribution is 5.88. The minimum atomic E-state index is 0.169. The van der Waals surface area contributed by atoms with E-state index in [2.05, 4.69) is 141 Å². The van der Waals surface area contributed by atoms with Crippen LogP contribution >= 0.6 is 0 Å². The van der Waals surface area contributed by atoms with E-state index < -0.39 is 0 Å². The van der Waals surface area contributed by atoms with Crippen LogP contribution in [0, 0.1) is 0 Å². The molecule has 0 atom stereocenters. The van der Waals surface area contributed by atoms with Crippen molar-refractivity contribution >= 4 is 11.0 Å². The predicted octanol–water partition coefficient (Wildman–Crippen LogP) is 12.4. The molecule has 0 saturated carbocycles. The molecule has 8 aromatic rings. The minimum absolute atomic E-state index is 0.169. The fraction of sp³-hybridized carbons (Fsp3) is 0.160. The van der Waals surface area contributed by atoms with Crippen LogP contribution in [-0.4, -0.2) is 19.6 Å². The molecule has 2 heterocycles. The van der Waals surface area contributed by atoms with Crippen LogP contribution in [0.25, 0.3) is 50.6 Å². The van der Waals surface area contributed by atoms with Gasteiger partial charge in [0.05, 0.1) is 33.7 Å². The Balaban J connectivity index is 1.10. The molecule has 3 aliphatic rings.